The van der Waals surface area contributed by atoms with Gasteiger partial charge in [-0.3, -0.25) is 4.90 Å². The molecule has 0 bridgehead atoms. The zero-order valence-electron chi connectivity index (χ0n) is 10.8. The highest BCUT2D eigenvalue weighted by atomic mass is 15.1. The van der Waals surface area contributed by atoms with E-state index in [9.17, 15) is 0 Å². The SMILES string of the molecule is CN(CN)CCc1ccc(-c2ccccc2)cc1. The molecule has 0 atom stereocenters. The summed E-state index contributed by atoms with van der Waals surface area (Å²) in [4.78, 5) is 2.12. The molecular formula is C16H20N2. The van der Waals surface area contributed by atoms with Crippen molar-refractivity contribution < 1.29 is 0 Å². The van der Waals surface area contributed by atoms with E-state index in [0.717, 1.165) is 13.0 Å². The summed E-state index contributed by atoms with van der Waals surface area (Å²) in [5.41, 5.74) is 9.46. The number of nitrogens with zero attached hydrogens (tertiary/aromatic N) is 1. The number of rotatable bonds is 5. The Morgan fingerprint density at radius 3 is 2.11 bits per heavy atom. The Morgan fingerprint density at radius 2 is 1.50 bits per heavy atom. The molecule has 2 N–H and O–H groups in total. The van der Waals surface area contributed by atoms with Crippen molar-refractivity contribution in [3.8, 4) is 11.1 Å². The van der Waals surface area contributed by atoms with E-state index in [2.05, 4.69) is 53.4 Å². The highest BCUT2D eigenvalue weighted by molar-refractivity contribution is 5.63. The van der Waals surface area contributed by atoms with E-state index in [1.165, 1.54) is 16.7 Å². The van der Waals surface area contributed by atoms with E-state index >= 15 is 0 Å². The van der Waals surface area contributed by atoms with Gasteiger partial charge < -0.3 is 5.73 Å². The minimum atomic E-state index is 0.613. The number of hydrogen-bond acceptors (Lipinski definition) is 2. The molecule has 0 heterocycles. The van der Waals surface area contributed by atoms with Crippen LogP contribution < -0.4 is 5.73 Å². The van der Waals surface area contributed by atoms with Gasteiger partial charge in [0.2, 0.25) is 0 Å². The maximum Gasteiger partial charge on any atom is 0.0452 e. The standard InChI is InChI=1S/C16H20N2/c1-18(13-17)12-11-14-7-9-16(10-8-14)15-5-3-2-4-6-15/h2-10H,11-13,17H2,1H3. The maximum absolute atomic E-state index is 5.56. The van der Waals surface area contributed by atoms with Gasteiger partial charge in [0.1, 0.15) is 0 Å². The summed E-state index contributed by atoms with van der Waals surface area (Å²) in [7, 11) is 2.04. The van der Waals surface area contributed by atoms with Gasteiger partial charge in [0.25, 0.3) is 0 Å². The molecule has 0 radical (unpaired) electrons. The van der Waals surface area contributed by atoms with Crippen LogP contribution >= 0.6 is 0 Å². The van der Waals surface area contributed by atoms with Crippen molar-refractivity contribution in [2.75, 3.05) is 20.3 Å². The Hall–Kier alpha value is -1.64. The second-order valence-corrected chi connectivity index (χ2v) is 4.58. The van der Waals surface area contributed by atoms with Gasteiger partial charge in [0.05, 0.1) is 0 Å². The summed E-state index contributed by atoms with van der Waals surface area (Å²) in [6.07, 6.45) is 1.04. The molecule has 94 valence electrons. The van der Waals surface area contributed by atoms with Crippen LogP contribution in [-0.4, -0.2) is 25.2 Å². The van der Waals surface area contributed by atoms with Gasteiger partial charge in [-0.25, -0.2) is 0 Å². The van der Waals surface area contributed by atoms with Gasteiger partial charge in [-0.15, -0.1) is 0 Å². The molecule has 0 unspecified atom stereocenters. The summed E-state index contributed by atoms with van der Waals surface area (Å²) < 4.78 is 0. The van der Waals surface area contributed by atoms with Crippen molar-refractivity contribution in [3.63, 3.8) is 0 Å². The van der Waals surface area contributed by atoms with Crippen LogP contribution in [-0.2, 0) is 6.42 Å². The van der Waals surface area contributed by atoms with Crippen LogP contribution in [0.4, 0.5) is 0 Å². The zero-order valence-corrected chi connectivity index (χ0v) is 10.8. The molecular weight excluding hydrogens is 220 g/mol. The second-order valence-electron chi connectivity index (χ2n) is 4.58. The molecule has 0 spiro atoms. The van der Waals surface area contributed by atoms with Crippen LogP contribution in [0.15, 0.2) is 54.6 Å². The van der Waals surface area contributed by atoms with Gasteiger partial charge in [0, 0.05) is 13.2 Å². The van der Waals surface area contributed by atoms with Crippen molar-refractivity contribution in [1.82, 2.24) is 4.90 Å². The highest BCUT2D eigenvalue weighted by Crippen LogP contribution is 2.19. The van der Waals surface area contributed by atoms with Crippen molar-refractivity contribution >= 4 is 0 Å². The van der Waals surface area contributed by atoms with Crippen LogP contribution in [0.5, 0.6) is 0 Å². The first kappa shape index (κ1) is 12.8. The summed E-state index contributed by atoms with van der Waals surface area (Å²) in [5.74, 6) is 0. The third-order valence-electron chi connectivity index (χ3n) is 3.15. The lowest BCUT2D eigenvalue weighted by atomic mass is 10.0. The highest BCUT2D eigenvalue weighted by Gasteiger charge is 1.99. The average molecular weight is 240 g/mol. The zero-order chi connectivity index (χ0) is 12.8. The monoisotopic (exact) mass is 240 g/mol. The van der Waals surface area contributed by atoms with Gasteiger partial charge in [-0.2, -0.15) is 0 Å². The first-order valence-electron chi connectivity index (χ1n) is 6.32. The van der Waals surface area contributed by atoms with E-state index in [1.54, 1.807) is 0 Å². The third-order valence-corrected chi connectivity index (χ3v) is 3.15. The van der Waals surface area contributed by atoms with Crippen molar-refractivity contribution in [3.05, 3.63) is 60.2 Å². The molecule has 2 nitrogen and oxygen atoms in total. The Bertz CT molecular complexity index is 462. The normalized spacial score (nSPS) is 10.8. The fourth-order valence-corrected chi connectivity index (χ4v) is 1.91. The molecule has 0 fully saturated rings. The molecule has 0 amide bonds. The minimum Gasteiger partial charge on any atom is -0.318 e. The molecule has 2 aromatic rings. The lowest BCUT2D eigenvalue weighted by Crippen LogP contribution is -2.27. The van der Waals surface area contributed by atoms with E-state index in [4.69, 9.17) is 5.73 Å². The van der Waals surface area contributed by atoms with Crippen LogP contribution in [0.25, 0.3) is 11.1 Å². The quantitative estimate of drug-likeness (QED) is 0.814. The summed E-state index contributed by atoms with van der Waals surface area (Å²) >= 11 is 0. The Kier molecular flexibility index (Phi) is 4.51. The fraction of sp³-hybridized carbons (Fsp3) is 0.250. The molecule has 0 aliphatic heterocycles. The molecule has 0 aliphatic rings. The topological polar surface area (TPSA) is 29.3 Å². The lowest BCUT2D eigenvalue weighted by molar-refractivity contribution is 0.349. The van der Waals surface area contributed by atoms with Crippen LogP contribution in [0, 0.1) is 0 Å². The maximum atomic E-state index is 5.56. The largest absolute Gasteiger partial charge is 0.318 e. The van der Waals surface area contributed by atoms with Crippen LogP contribution in [0.1, 0.15) is 5.56 Å². The first-order chi connectivity index (χ1) is 8.79. The molecule has 2 rings (SSSR count). The predicted molar refractivity (Wildman–Crippen MR) is 77.3 cm³/mol. The number of benzene rings is 2. The smallest absolute Gasteiger partial charge is 0.0452 e. The lowest BCUT2D eigenvalue weighted by Gasteiger charge is -2.13. The first-order valence-corrected chi connectivity index (χ1v) is 6.32. The summed E-state index contributed by atoms with van der Waals surface area (Å²) in [6.45, 7) is 1.61. The van der Waals surface area contributed by atoms with Crippen molar-refractivity contribution in [2.45, 2.75) is 6.42 Å². The fourth-order valence-electron chi connectivity index (χ4n) is 1.91. The second kappa shape index (κ2) is 6.34. The van der Waals surface area contributed by atoms with E-state index < -0.39 is 0 Å². The van der Waals surface area contributed by atoms with Gasteiger partial charge in [-0.1, -0.05) is 54.6 Å². The van der Waals surface area contributed by atoms with Crippen molar-refractivity contribution in [2.24, 2.45) is 5.73 Å². The van der Waals surface area contributed by atoms with E-state index in [1.807, 2.05) is 13.1 Å². The molecule has 0 aromatic heterocycles. The number of nitrogens with two attached hydrogens (primary N) is 1. The van der Waals surface area contributed by atoms with Gasteiger partial charge in [-0.05, 0) is 30.2 Å². The van der Waals surface area contributed by atoms with Gasteiger partial charge >= 0.3 is 0 Å². The summed E-state index contributed by atoms with van der Waals surface area (Å²) in [6, 6.07) is 19.2. The predicted octanol–water partition coefficient (Wildman–Crippen LogP) is 2.74. The van der Waals surface area contributed by atoms with Crippen molar-refractivity contribution in [1.29, 1.82) is 0 Å². The Morgan fingerprint density at radius 1 is 0.889 bits per heavy atom. The van der Waals surface area contributed by atoms with Gasteiger partial charge in [0.15, 0.2) is 0 Å². The average Bonchev–Trinajstić information content (AvgIpc) is 2.46. The van der Waals surface area contributed by atoms with E-state index in [0.29, 0.717) is 6.67 Å². The molecule has 0 saturated heterocycles. The summed E-state index contributed by atoms with van der Waals surface area (Å²) in [5, 5.41) is 0. The van der Waals surface area contributed by atoms with Crippen LogP contribution in [0.3, 0.4) is 0 Å². The molecule has 0 saturated carbocycles. The molecule has 2 heteroatoms. The minimum absolute atomic E-state index is 0.613. The third kappa shape index (κ3) is 3.42. The number of hydrogen-bond donors (Lipinski definition) is 1. The Balaban J connectivity index is 2.02. The van der Waals surface area contributed by atoms with E-state index in [-0.39, 0.29) is 0 Å². The molecule has 2 aromatic carbocycles. The Labute approximate surface area is 109 Å². The van der Waals surface area contributed by atoms with Crippen LogP contribution in [0.2, 0.25) is 0 Å². The number of likely N-dealkylation sites (N-methyl/N-ethyl adjacent to an activating group) is 1. The molecule has 18 heavy (non-hydrogen) atoms. The molecule has 0 aliphatic carbocycles.